The Hall–Kier alpha value is -1.79. The van der Waals surface area contributed by atoms with Crippen molar-refractivity contribution in [1.29, 1.82) is 0 Å². The summed E-state index contributed by atoms with van der Waals surface area (Å²) in [7, 11) is 1.82. The zero-order chi connectivity index (χ0) is 15.2. The van der Waals surface area contributed by atoms with E-state index in [9.17, 15) is 4.79 Å². The molecule has 2 rings (SSSR count). The van der Waals surface area contributed by atoms with Gasteiger partial charge < -0.3 is 15.0 Å². The van der Waals surface area contributed by atoms with E-state index in [1.807, 2.05) is 44.3 Å². The molecule has 1 aromatic carbocycles. The number of nitrogens with zero attached hydrogens (tertiary/aromatic N) is 2. The maximum Gasteiger partial charge on any atom is 0.230 e. The summed E-state index contributed by atoms with van der Waals surface area (Å²) in [6, 6.07) is 9.82. The van der Waals surface area contributed by atoms with Gasteiger partial charge in [-0.25, -0.2) is 4.98 Å². The Balaban J connectivity index is 1.86. The number of carbonyl (C=O) groups excluding carboxylic acids is 1. The molecule has 0 aliphatic rings. The van der Waals surface area contributed by atoms with Crippen LogP contribution in [0.2, 0.25) is 0 Å². The van der Waals surface area contributed by atoms with E-state index in [1.165, 1.54) is 11.8 Å². The second-order valence-corrected chi connectivity index (χ2v) is 5.68. The van der Waals surface area contributed by atoms with Gasteiger partial charge in [-0.05, 0) is 12.5 Å². The van der Waals surface area contributed by atoms with Crippen molar-refractivity contribution < 1.29 is 9.90 Å². The van der Waals surface area contributed by atoms with Crippen LogP contribution in [0.15, 0.2) is 41.7 Å². The number of rotatable bonds is 6. The highest BCUT2D eigenvalue weighted by molar-refractivity contribution is 7.99. The fourth-order valence-corrected chi connectivity index (χ4v) is 2.73. The monoisotopic (exact) mass is 305 g/mol. The highest BCUT2D eigenvalue weighted by atomic mass is 32.2. The SMILES string of the molecule is C[C@@H](NC(=O)CSc1ncc(CO)n1C)c1ccccc1. The number of nitrogens with one attached hydrogen (secondary N) is 1. The molecule has 1 aromatic heterocycles. The smallest absolute Gasteiger partial charge is 0.230 e. The molecule has 0 saturated carbocycles. The average Bonchev–Trinajstić information content (AvgIpc) is 2.86. The van der Waals surface area contributed by atoms with E-state index in [0.717, 1.165) is 16.4 Å². The second-order valence-electron chi connectivity index (χ2n) is 4.74. The molecule has 1 amide bonds. The molecular weight excluding hydrogens is 286 g/mol. The maximum absolute atomic E-state index is 12.0. The first-order chi connectivity index (χ1) is 10.1. The summed E-state index contributed by atoms with van der Waals surface area (Å²) in [6.07, 6.45) is 1.62. The van der Waals surface area contributed by atoms with Gasteiger partial charge in [0, 0.05) is 7.05 Å². The third-order valence-electron chi connectivity index (χ3n) is 3.21. The number of benzene rings is 1. The molecule has 0 spiro atoms. The van der Waals surface area contributed by atoms with Crippen molar-refractivity contribution in [2.75, 3.05) is 5.75 Å². The minimum absolute atomic E-state index is 0.0197. The summed E-state index contributed by atoms with van der Waals surface area (Å²) in [5.41, 5.74) is 1.81. The molecule has 1 heterocycles. The van der Waals surface area contributed by atoms with Crippen LogP contribution in [0.3, 0.4) is 0 Å². The molecule has 5 nitrogen and oxygen atoms in total. The Labute approximate surface area is 128 Å². The fraction of sp³-hybridized carbons (Fsp3) is 0.333. The van der Waals surface area contributed by atoms with E-state index in [-0.39, 0.29) is 18.6 Å². The minimum Gasteiger partial charge on any atom is -0.390 e. The standard InChI is InChI=1S/C15H19N3O2S/c1-11(12-6-4-3-5-7-12)17-14(20)10-21-15-16-8-13(9-19)18(15)2/h3-8,11,19H,9-10H2,1-2H3,(H,17,20)/t11-/m1/s1. The molecular formula is C15H19N3O2S. The molecule has 2 N–H and O–H groups in total. The van der Waals surface area contributed by atoms with E-state index < -0.39 is 0 Å². The van der Waals surface area contributed by atoms with Crippen LogP contribution < -0.4 is 5.32 Å². The van der Waals surface area contributed by atoms with E-state index >= 15 is 0 Å². The van der Waals surface area contributed by atoms with Crippen LogP contribution in [0.5, 0.6) is 0 Å². The predicted octanol–water partition coefficient (Wildman–Crippen LogP) is 1.88. The van der Waals surface area contributed by atoms with Crippen LogP contribution in [0.4, 0.5) is 0 Å². The summed E-state index contributed by atoms with van der Waals surface area (Å²) in [6.45, 7) is 1.91. The van der Waals surface area contributed by atoms with Gasteiger partial charge in [-0.3, -0.25) is 4.79 Å². The first-order valence-electron chi connectivity index (χ1n) is 6.70. The van der Waals surface area contributed by atoms with Crippen molar-refractivity contribution in [1.82, 2.24) is 14.9 Å². The van der Waals surface area contributed by atoms with Crippen molar-refractivity contribution in [2.24, 2.45) is 7.05 Å². The van der Waals surface area contributed by atoms with E-state index in [2.05, 4.69) is 10.3 Å². The minimum atomic E-state index is -0.0543. The molecule has 0 bridgehead atoms. The maximum atomic E-state index is 12.0. The van der Waals surface area contributed by atoms with Crippen LogP contribution >= 0.6 is 11.8 Å². The average molecular weight is 305 g/mol. The lowest BCUT2D eigenvalue weighted by atomic mass is 10.1. The predicted molar refractivity (Wildman–Crippen MR) is 82.9 cm³/mol. The molecule has 6 heteroatoms. The summed E-state index contributed by atoms with van der Waals surface area (Å²) in [5.74, 6) is 0.261. The van der Waals surface area contributed by atoms with Gasteiger partial charge in [0.05, 0.1) is 30.3 Å². The topological polar surface area (TPSA) is 67.2 Å². The number of thioether (sulfide) groups is 1. The number of hydrogen-bond acceptors (Lipinski definition) is 4. The molecule has 21 heavy (non-hydrogen) atoms. The third kappa shape index (κ3) is 4.09. The van der Waals surface area contributed by atoms with Gasteiger partial charge in [-0.2, -0.15) is 0 Å². The van der Waals surface area contributed by atoms with E-state index in [0.29, 0.717) is 5.75 Å². The molecule has 0 fully saturated rings. The molecule has 112 valence electrons. The van der Waals surface area contributed by atoms with Gasteiger partial charge in [0.15, 0.2) is 5.16 Å². The van der Waals surface area contributed by atoms with Crippen LogP contribution in [-0.2, 0) is 18.4 Å². The Morgan fingerprint density at radius 3 is 2.76 bits per heavy atom. The Morgan fingerprint density at radius 2 is 2.14 bits per heavy atom. The van der Waals surface area contributed by atoms with Crippen LogP contribution in [0, 0.1) is 0 Å². The molecule has 1 atom stereocenters. The first kappa shape index (κ1) is 15.6. The number of amides is 1. The van der Waals surface area contributed by atoms with E-state index in [1.54, 1.807) is 10.8 Å². The Kier molecular flexibility index (Phi) is 5.41. The molecule has 0 unspecified atom stereocenters. The van der Waals surface area contributed by atoms with Gasteiger partial charge in [0.2, 0.25) is 5.91 Å². The van der Waals surface area contributed by atoms with E-state index in [4.69, 9.17) is 5.11 Å². The van der Waals surface area contributed by atoms with Crippen LogP contribution in [-0.4, -0.2) is 26.3 Å². The fourth-order valence-electron chi connectivity index (χ4n) is 1.95. The first-order valence-corrected chi connectivity index (χ1v) is 7.69. The zero-order valence-corrected chi connectivity index (χ0v) is 12.9. The van der Waals surface area contributed by atoms with Gasteiger partial charge in [-0.15, -0.1) is 0 Å². The Bertz CT molecular complexity index is 598. The van der Waals surface area contributed by atoms with Crippen LogP contribution in [0.25, 0.3) is 0 Å². The lowest BCUT2D eigenvalue weighted by Gasteiger charge is -2.14. The highest BCUT2D eigenvalue weighted by Crippen LogP contribution is 2.18. The number of aliphatic hydroxyl groups excluding tert-OH is 1. The second kappa shape index (κ2) is 7.28. The number of aliphatic hydroxyl groups is 1. The molecule has 0 saturated heterocycles. The van der Waals surface area contributed by atoms with Crippen molar-refractivity contribution in [3.8, 4) is 0 Å². The zero-order valence-electron chi connectivity index (χ0n) is 12.1. The number of carbonyl (C=O) groups is 1. The van der Waals surface area contributed by atoms with Crippen molar-refractivity contribution >= 4 is 17.7 Å². The largest absolute Gasteiger partial charge is 0.390 e. The van der Waals surface area contributed by atoms with Gasteiger partial charge >= 0.3 is 0 Å². The molecule has 2 aromatic rings. The molecule has 0 aliphatic carbocycles. The van der Waals surface area contributed by atoms with Crippen molar-refractivity contribution in [2.45, 2.75) is 24.7 Å². The summed E-state index contributed by atoms with van der Waals surface area (Å²) >= 11 is 1.36. The van der Waals surface area contributed by atoms with Crippen LogP contribution in [0.1, 0.15) is 24.2 Å². The number of aromatic nitrogens is 2. The normalized spacial score (nSPS) is 12.1. The van der Waals surface area contributed by atoms with Gasteiger partial charge in [0.1, 0.15) is 0 Å². The third-order valence-corrected chi connectivity index (χ3v) is 4.26. The van der Waals surface area contributed by atoms with Gasteiger partial charge in [0.25, 0.3) is 0 Å². The molecule has 0 aliphatic heterocycles. The number of imidazole rings is 1. The molecule has 0 radical (unpaired) electrons. The van der Waals surface area contributed by atoms with Gasteiger partial charge in [-0.1, -0.05) is 42.1 Å². The lowest BCUT2D eigenvalue weighted by Crippen LogP contribution is -2.28. The van der Waals surface area contributed by atoms with Crippen molar-refractivity contribution in [3.63, 3.8) is 0 Å². The highest BCUT2D eigenvalue weighted by Gasteiger charge is 2.12. The summed E-state index contributed by atoms with van der Waals surface area (Å²) in [4.78, 5) is 16.2. The van der Waals surface area contributed by atoms with Crippen molar-refractivity contribution in [3.05, 3.63) is 47.8 Å². The summed E-state index contributed by atoms with van der Waals surface area (Å²) in [5, 5.41) is 12.8. The quantitative estimate of drug-likeness (QED) is 0.800. The summed E-state index contributed by atoms with van der Waals surface area (Å²) < 4.78 is 1.79. The Morgan fingerprint density at radius 1 is 1.43 bits per heavy atom. The number of hydrogen-bond donors (Lipinski definition) is 2. The lowest BCUT2D eigenvalue weighted by molar-refractivity contribution is -0.119.